The highest BCUT2D eigenvalue weighted by molar-refractivity contribution is 6.28. The molecule has 4 heteroatoms. The maximum absolute atomic E-state index is 11.5. The third-order valence-electron chi connectivity index (χ3n) is 1.57. The number of rotatable bonds is 3. The Morgan fingerprint density at radius 2 is 1.81 bits per heavy atom. The Labute approximate surface area is 100 Å². The van der Waals surface area contributed by atoms with Gasteiger partial charge in [0.15, 0.2) is 0 Å². The fourth-order valence-corrected chi connectivity index (χ4v) is 1.16. The van der Waals surface area contributed by atoms with Gasteiger partial charge in [0.25, 0.3) is 5.56 Å². The Morgan fingerprint density at radius 1 is 1.25 bits per heavy atom. The number of carbonyl (C=O) groups is 1. The van der Waals surface area contributed by atoms with Gasteiger partial charge in [-0.25, -0.2) is 4.79 Å². The molecule has 0 saturated heterocycles. The van der Waals surface area contributed by atoms with E-state index in [1.807, 2.05) is 6.07 Å². The summed E-state index contributed by atoms with van der Waals surface area (Å²) in [6, 6.07) is 8.89. The summed E-state index contributed by atoms with van der Waals surface area (Å²) in [6.07, 6.45) is 0. The number of para-hydroxylation sites is 1. The molecule has 1 aromatic carbocycles. The van der Waals surface area contributed by atoms with Crippen LogP contribution in [0.3, 0.4) is 0 Å². The number of hydrogen-bond acceptors (Lipinski definition) is 3. The highest BCUT2D eigenvalue weighted by Gasteiger charge is 2.24. The van der Waals surface area contributed by atoms with Crippen LogP contribution < -0.4 is 4.74 Å². The van der Waals surface area contributed by atoms with E-state index in [0.29, 0.717) is 5.75 Å². The van der Waals surface area contributed by atoms with Crippen LogP contribution in [0.4, 0.5) is 0 Å². The van der Waals surface area contributed by atoms with Crippen molar-refractivity contribution in [1.82, 2.24) is 0 Å². The average Bonchev–Trinajstić information content (AvgIpc) is 2.16. The lowest BCUT2D eigenvalue weighted by atomic mass is 10.2. The van der Waals surface area contributed by atoms with Crippen LogP contribution in [0.15, 0.2) is 30.3 Å². The van der Waals surface area contributed by atoms with Gasteiger partial charge in [0, 0.05) is 0 Å². The smallest absolute Gasteiger partial charge is 0.363 e. The summed E-state index contributed by atoms with van der Waals surface area (Å²) in [5, 5.41) is 0. The molecular formula is C12H15ClO3. The summed E-state index contributed by atoms with van der Waals surface area (Å²) in [4.78, 5) is 11.5. The predicted molar refractivity (Wildman–Crippen MR) is 62.6 cm³/mol. The molecule has 1 aromatic rings. The Kier molecular flexibility index (Phi) is 4.19. The number of carbonyl (C=O) groups excluding carboxylic acids is 1. The lowest BCUT2D eigenvalue weighted by molar-refractivity contribution is -0.159. The minimum atomic E-state index is -1.12. The summed E-state index contributed by atoms with van der Waals surface area (Å²) >= 11 is 5.78. The van der Waals surface area contributed by atoms with Crippen LogP contribution in [0.1, 0.15) is 20.8 Å². The van der Waals surface area contributed by atoms with Gasteiger partial charge in [0.2, 0.25) is 0 Å². The van der Waals surface area contributed by atoms with Crippen LogP contribution in [-0.4, -0.2) is 17.1 Å². The third-order valence-corrected chi connectivity index (χ3v) is 1.84. The molecular weight excluding hydrogens is 228 g/mol. The molecule has 0 aliphatic carbocycles. The zero-order valence-electron chi connectivity index (χ0n) is 9.57. The maximum atomic E-state index is 11.5. The summed E-state index contributed by atoms with van der Waals surface area (Å²) in [7, 11) is 0. The van der Waals surface area contributed by atoms with E-state index in [1.54, 1.807) is 45.0 Å². The van der Waals surface area contributed by atoms with Crippen molar-refractivity contribution in [3.8, 4) is 5.75 Å². The molecule has 1 rings (SSSR count). The van der Waals surface area contributed by atoms with E-state index in [1.165, 1.54) is 0 Å². The monoisotopic (exact) mass is 242 g/mol. The molecule has 1 unspecified atom stereocenters. The first-order valence-electron chi connectivity index (χ1n) is 4.97. The van der Waals surface area contributed by atoms with Gasteiger partial charge >= 0.3 is 5.97 Å². The molecule has 1 atom stereocenters. The summed E-state index contributed by atoms with van der Waals surface area (Å²) in [6.45, 7) is 5.32. The van der Waals surface area contributed by atoms with Gasteiger partial charge in [-0.15, -0.1) is 0 Å². The van der Waals surface area contributed by atoms with Gasteiger partial charge in [0.05, 0.1) is 0 Å². The molecule has 0 bridgehead atoms. The van der Waals surface area contributed by atoms with Gasteiger partial charge in [-0.1, -0.05) is 29.8 Å². The lowest BCUT2D eigenvalue weighted by Crippen LogP contribution is -2.31. The van der Waals surface area contributed by atoms with Crippen molar-refractivity contribution in [3.05, 3.63) is 30.3 Å². The number of esters is 1. The Hall–Kier alpha value is -1.22. The summed E-state index contributed by atoms with van der Waals surface area (Å²) in [5.74, 6) is -0.0496. The zero-order valence-corrected chi connectivity index (χ0v) is 10.3. The third kappa shape index (κ3) is 4.53. The van der Waals surface area contributed by atoms with Crippen molar-refractivity contribution in [2.75, 3.05) is 0 Å². The SMILES string of the molecule is CC(C)(C)OC(=O)C(Cl)Oc1ccccc1. The second-order valence-corrected chi connectivity index (χ2v) is 4.68. The van der Waals surface area contributed by atoms with E-state index >= 15 is 0 Å². The molecule has 0 amide bonds. The van der Waals surface area contributed by atoms with Crippen LogP contribution >= 0.6 is 11.6 Å². The van der Waals surface area contributed by atoms with Crippen LogP contribution in [-0.2, 0) is 9.53 Å². The molecule has 88 valence electrons. The van der Waals surface area contributed by atoms with Crippen LogP contribution in [0, 0.1) is 0 Å². The fourth-order valence-electron chi connectivity index (χ4n) is 1.01. The quantitative estimate of drug-likeness (QED) is 0.604. The standard InChI is InChI=1S/C12H15ClO3/c1-12(2,3)16-11(14)10(13)15-9-7-5-4-6-8-9/h4-8,10H,1-3H3. The van der Waals surface area contributed by atoms with E-state index in [9.17, 15) is 4.79 Å². The molecule has 0 spiro atoms. The van der Waals surface area contributed by atoms with E-state index in [-0.39, 0.29) is 0 Å². The predicted octanol–water partition coefficient (Wildman–Crippen LogP) is 2.97. The zero-order chi connectivity index (χ0) is 12.2. The van der Waals surface area contributed by atoms with E-state index in [0.717, 1.165) is 0 Å². The number of benzene rings is 1. The minimum absolute atomic E-state index is 0.536. The summed E-state index contributed by atoms with van der Waals surface area (Å²) < 4.78 is 10.3. The highest BCUT2D eigenvalue weighted by atomic mass is 35.5. The van der Waals surface area contributed by atoms with Crippen molar-refractivity contribution in [3.63, 3.8) is 0 Å². The van der Waals surface area contributed by atoms with Crippen LogP contribution in [0.5, 0.6) is 5.75 Å². The fraction of sp³-hybridized carbons (Fsp3) is 0.417. The normalized spacial score (nSPS) is 13.0. The van der Waals surface area contributed by atoms with Gasteiger partial charge in [-0.2, -0.15) is 0 Å². The molecule has 0 heterocycles. The van der Waals surface area contributed by atoms with E-state index < -0.39 is 17.1 Å². The van der Waals surface area contributed by atoms with E-state index in [4.69, 9.17) is 21.1 Å². The van der Waals surface area contributed by atoms with Gasteiger partial charge in [-0.05, 0) is 32.9 Å². The van der Waals surface area contributed by atoms with Crippen molar-refractivity contribution < 1.29 is 14.3 Å². The lowest BCUT2D eigenvalue weighted by Gasteiger charge is -2.21. The first-order chi connectivity index (χ1) is 7.38. The van der Waals surface area contributed by atoms with E-state index in [2.05, 4.69) is 0 Å². The number of halogens is 1. The largest absolute Gasteiger partial charge is 0.463 e. The van der Waals surface area contributed by atoms with Crippen LogP contribution in [0.2, 0.25) is 0 Å². The average molecular weight is 243 g/mol. The van der Waals surface area contributed by atoms with Gasteiger partial charge < -0.3 is 9.47 Å². The number of alkyl halides is 1. The first kappa shape index (κ1) is 12.8. The number of hydrogen-bond donors (Lipinski definition) is 0. The Morgan fingerprint density at radius 3 is 2.31 bits per heavy atom. The minimum Gasteiger partial charge on any atom is -0.463 e. The van der Waals surface area contributed by atoms with Crippen LogP contribution in [0.25, 0.3) is 0 Å². The summed E-state index contributed by atoms with van der Waals surface area (Å²) in [5.41, 5.74) is -1.69. The number of ether oxygens (including phenoxy) is 2. The second-order valence-electron chi connectivity index (χ2n) is 4.28. The Balaban J connectivity index is 2.53. The molecule has 0 saturated carbocycles. The molecule has 0 fully saturated rings. The van der Waals surface area contributed by atoms with Crippen molar-refractivity contribution in [2.45, 2.75) is 31.9 Å². The van der Waals surface area contributed by atoms with Crippen molar-refractivity contribution >= 4 is 17.6 Å². The maximum Gasteiger partial charge on any atom is 0.363 e. The van der Waals surface area contributed by atoms with Gasteiger partial charge in [0.1, 0.15) is 11.4 Å². The molecule has 16 heavy (non-hydrogen) atoms. The van der Waals surface area contributed by atoms with Crippen molar-refractivity contribution in [2.24, 2.45) is 0 Å². The van der Waals surface area contributed by atoms with Gasteiger partial charge in [-0.3, -0.25) is 0 Å². The molecule has 0 aliphatic heterocycles. The topological polar surface area (TPSA) is 35.5 Å². The molecule has 0 radical (unpaired) electrons. The molecule has 0 N–H and O–H groups in total. The second kappa shape index (κ2) is 5.21. The first-order valence-corrected chi connectivity index (χ1v) is 5.41. The molecule has 3 nitrogen and oxygen atoms in total. The van der Waals surface area contributed by atoms with Crippen molar-refractivity contribution in [1.29, 1.82) is 0 Å². The Bertz CT molecular complexity index is 343. The highest BCUT2D eigenvalue weighted by Crippen LogP contribution is 2.16. The molecule has 0 aromatic heterocycles. The molecule has 0 aliphatic rings.